The second-order valence-electron chi connectivity index (χ2n) is 4.21. The Balaban J connectivity index is 2.11. The summed E-state index contributed by atoms with van der Waals surface area (Å²) in [5.41, 5.74) is 1.10. The summed E-state index contributed by atoms with van der Waals surface area (Å²) in [7, 11) is 0. The molecule has 0 bridgehead atoms. The van der Waals surface area contributed by atoms with Crippen LogP contribution in [0.25, 0.3) is 0 Å². The van der Waals surface area contributed by atoms with Gasteiger partial charge in [0.05, 0.1) is 5.92 Å². The third kappa shape index (κ3) is 2.90. The van der Waals surface area contributed by atoms with Gasteiger partial charge >= 0.3 is 5.97 Å². The minimum absolute atomic E-state index is 0.255. The average Bonchev–Trinajstić information content (AvgIpc) is 2.79. The van der Waals surface area contributed by atoms with E-state index in [0.29, 0.717) is 0 Å². The zero-order valence-corrected chi connectivity index (χ0v) is 10.8. The van der Waals surface area contributed by atoms with Crippen LogP contribution in [0.3, 0.4) is 0 Å². The van der Waals surface area contributed by atoms with Crippen molar-refractivity contribution >= 4 is 17.3 Å². The molecule has 1 unspecified atom stereocenters. The Hall–Kier alpha value is -1.81. The quantitative estimate of drug-likeness (QED) is 0.889. The van der Waals surface area contributed by atoms with Gasteiger partial charge in [-0.05, 0) is 36.8 Å². The van der Waals surface area contributed by atoms with Gasteiger partial charge in [0.25, 0.3) is 0 Å². The van der Waals surface area contributed by atoms with E-state index in [0.717, 1.165) is 21.7 Å². The van der Waals surface area contributed by atoms with E-state index in [-0.39, 0.29) is 5.75 Å². The molecule has 0 saturated carbocycles. The maximum atomic E-state index is 10.9. The maximum Gasteiger partial charge on any atom is 0.311 e. The Morgan fingerprint density at radius 1 is 1.22 bits per heavy atom. The normalized spacial score (nSPS) is 12.3. The van der Waals surface area contributed by atoms with Crippen molar-refractivity contribution in [2.45, 2.75) is 19.3 Å². The zero-order valence-electron chi connectivity index (χ0n) is 9.96. The molecule has 0 saturated heterocycles. The first kappa shape index (κ1) is 12.6. The second-order valence-corrected chi connectivity index (χ2v) is 5.41. The van der Waals surface area contributed by atoms with Gasteiger partial charge < -0.3 is 10.2 Å². The van der Waals surface area contributed by atoms with Crippen molar-refractivity contribution in [2.75, 3.05) is 0 Å². The molecule has 0 aliphatic rings. The SMILES string of the molecule is CC(C(=O)O)c1ccc(Cc2ccc(O)cc2)s1. The molecule has 0 spiro atoms. The summed E-state index contributed by atoms with van der Waals surface area (Å²) < 4.78 is 0. The number of rotatable bonds is 4. The topological polar surface area (TPSA) is 57.5 Å². The van der Waals surface area contributed by atoms with Gasteiger partial charge in [-0.1, -0.05) is 12.1 Å². The number of phenolic OH excluding ortho intramolecular Hbond substituents is 1. The summed E-state index contributed by atoms with van der Waals surface area (Å²) in [6.07, 6.45) is 0.761. The molecule has 0 aliphatic heterocycles. The van der Waals surface area contributed by atoms with Crippen molar-refractivity contribution in [3.63, 3.8) is 0 Å². The van der Waals surface area contributed by atoms with Gasteiger partial charge in [0.1, 0.15) is 5.75 Å². The van der Waals surface area contributed by atoms with E-state index in [9.17, 15) is 9.90 Å². The monoisotopic (exact) mass is 262 g/mol. The number of carboxylic acids is 1. The van der Waals surface area contributed by atoms with Gasteiger partial charge in [-0.2, -0.15) is 0 Å². The molecule has 3 nitrogen and oxygen atoms in total. The first-order chi connectivity index (χ1) is 8.56. The molecule has 0 radical (unpaired) electrons. The van der Waals surface area contributed by atoms with Crippen LogP contribution in [0.1, 0.15) is 28.2 Å². The average molecular weight is 262 g/mol. The van der Waals surface area contributed by atoms with Crippen LogP contribution in [0, 0.1) is 0 Å². The number of aliphatic carboxylic acids is 1. The molecule has 1 atom stereocenters. The van der Waals surface area contributed by atoms with Gasteiger partial charge in [-0.15, -0.1) is 11.3 Å². The molecule has 18 heavy (non-hydrogen) atoms. The van der Waals surface area contributed by atoms with Crippen molar-refractivity contribution < 1.29 is 15.0 Å². The second kappa shape index (κ2) is 5.23. The smallest absolute Gasteiger partial charge is 0.311 e. The Labute approximate surface area is 109 Å². The van der Waals surface area contributed by atoms with Crippen LogP contribution in [0.4, 0.5) is 0 Å². The summed E-state index contributed by atoms with van der Waals surface area (Å²) in [5.74, 6) is -0.998. The number of hydrogen-bond acceptors (Lipinski definition) is 3. The fourth-order valence-corrected chi connectivity index (χ4v) is 2.75. The van der Waals surface area contributed by atoms with E-state index in [1.54, 1.807) is 19.1 Å². The predicted octanol–water partition coefficient (Wildman–Crippen LogP) is 3.23. The number of benzene rings is 1. The van der Waals surface area contributed by atoms with Crippen molar-refractivity contribution in [1.82, 2.24) is 0 Å². The minimum Gasteiger partial charge on any atom is -0.508 e. The number of carbonyl (C=O) groups is 1. The molecule has 0 aliphatic carbocycles. The van der Waals surface area contributed by atoms with Gasteiger partial charge in [-0.3, -0.25) is 4.79 Å². The van der Waals surface area contributed by atoms with Gasteiger partial charge in [0.2, 0.25) is 0 Å². The summed E-state index contributed by atoms with van der Waals surface area (Å²) in [6, 6.07) is 10.9. The molecule has 2 N–H and O–H groups in total. The molecule has 94 valence electrons. The fraction of sp³-hybridized carbons (Fsp3) is 0.214. The highest BCUT2D eigenvalue weighted by Gasteiger charge is 2.15. The number of thiophene rings is 1. The van der Waals surface area contributed by atoms with E-state index in [1.807, 2.05) is 24.3 Å². The molecule has 0 amide bonds. The van der Waals surface area contributed by atoms with Crippen LogP contribution in [-0.2, 0) is 11.2 Å². The molecular weight excluding hydrogens is 248 g/mol. The molecule has 2 rings (SSSR count). The Morgan fingerprint density at radius 2 is 1.89 bits per heavy atom. The van der Waals surface area contributed by atoms with Crippen molar-refractivity contribution in [3.8, 4) is 5.75 Å². The van der Waals surface area contributed by atoms with Crippen LogP contribution in [0.2, 0.25) is 0 Å². The van der Waals surface area contributed by atoms with Gasteiger partial charge in [0, 0.05) is 16.2 Å². The number of hydrogen-bond donors (Lipinski definition) is 2. The summed E-state index contributed by atoms with van der Waals surface area (Å²) in [4.78, 5) is 12.9. The highest BCUT2D eigenvalue weighted by molar-refractivity contribution is 7.12. The standard InChI is InChI=1S/C14H14O3S/c1-9(14(16)17)13-7-6-12(18-13)8-10-2-4-11(15)5-3-10/h2-7,9,15H,8H2,1H3,(H,16,17). The minimum atomic E-state index is -0.798. The van der Waals surface area contributed by atoms with Crippen molar-refractivity contribution in [3.05, 3.63) is 51.7 Å². The van der Waals surface area contributed by atoms with Gasteiger partial charge in [-0.25, -0.2) is 0 Å². The van der Waals surface area contributed by atoms with Crippen molar-refractivity contribution in [1.29, 1.82) is 0 Å². The Bertz CT molecular complexity index is 542. The molecule has 0 fully saturated rings. The molecule has 1 heterocycles. The molecule has 2 aromatic rings. The lowest BCUT2D eigenvalue weighted by atomic mass is 10.1. The van der Waals surface area contributed by atoms with Crippen LogP contribution in [0.15, 0.2) is 36.4 Å². The Morgan fingerprint density at radius 3 is 2.50 bits per heavy atom. The predicted molar refractivity (Wildman–Crippen MR) is 71.3 cm³/mol. The lowest BCUT2D eigenvalue weighted by molar-refractivity contribution is -0.138. The number of phenols is 1. The third-order valence-corrected chi connectivity index (χ3v) is 4.06. The van der Waals surface area contributed by atoms with Crippen molar-refractivity contribution in [2.24, 2.45) is 0 Å². The molecule has 1 aromatic carbocycles. The lowest BCUT2D eigenvalue weighted by Crippen LogP contribution is -2.05. The first-order valence-corrected chi connectivity index (χ1v) is 6.47. The molecule has 4 heteroatoms. The summed E-state index contributed by atoms with van der Waals surface area (Å²) >= 11 is 1.53. The lowest BCUT2D eigenvalue weighted by Gasteiger charge is -2.01. The fourth-order valence-electron chi connectivity index (χ4n) is 1.66. The van der Waals surface area contributed by atoms with E-state index in [4.69, 9.17) is 5.11 Å². The highest BCUT2D eigenvalue weighted by atomic mass is 32.1. The molecular formula is C14H14O3S. The Kier molecular flexibility index (Phi) is 3.67. The number of carboxylic acid groups (broad SMARTS) is 1. The highest BCUT2D eigenvalue weighted by Crippen LogP contribution is 2.27. The molecule has 1 aromatic heterocycles. The van der Waals surface area contributed by atoms with E-state index in [1.165, 1.54) is 11.3 Å². The van der Waals surface area contributed by atoms with Crippen LogP contribution in [-0.4, -0.2) is 16.2 Å². The number of aromatic hydroxyl groups is 1. The van der Waals surface area contributed by atoms with E-state index in [2.05, 4.69) is 0 Å². The van der Waals surface area contributed by atoms with Crippen LogP contribution in [0.5, 0.6) is 5.75 Å². The largest absolute Gasteiger partial charge is 0.508 e. The van der Waals surface area contributed by atoms with Crippen LogP contribution >= 0.6 is 11.3 Å². The first-order valence-electron chi connectivity index (χ1n) is 5.65. The van der Waals surface area contributed by atoms with E-state index < -0.39 is 11.9 Å². The maximum absolute atomic E-state index is 10.9. The summed E-state index contributed by atoms with van der Waals surface area (Å²) in [5, 5.41) is 18.1. The van der Waals surface area contributed by atoms with E-state index >= 15 is 0 Å². The van der Waals surface area contributed by atoms with Gasteiger partial charge in [0.15, 0.2) is 0 Å². The van der Waals surface area contributed by atoms with Crippen LogP contribution < -0.4 is 0 Å². The zero-order chi connectivity index (χ0) is 13.1. The third-order valence-electron chi connectivity index (χ3n) is 2.79. The summed E-state index contributed by atoms with van der Waals surface area (Å²) in [6.45, 7) is 1.69.